The summed E-state index contributed by atoms with van der Waals surface area (Å²) in [6.45, 7) is 0.536. The van der Waals surface area contributed by atoms with Crippen LogP contribution in [0.5, 0.6) is 5.75 Å². The first-order valence-electron chi connectivity index (χ1n) is 5.26. The van der Waals surface area contributed by atoms with Crippen LogP contribution in [-0.4, -0.2) is 22.1 Å². The second-order valence-corrected chi connectivity index (χ2v) is 3.78. The van der Waals surface area contributed by atoms with Crippen molar-refractivity contribution in [2.45, 2.75) is 6.42 Å². The minimum Gasteiger partial charge on any atom is -0.545 e. The molecule has 5 nitrogen and oxygen atoms in total. The van der Waals surface area contributed by atoms with Crippen LogP contribution in [0.15, 0.2) is 30.6 Å². The van der Waals surface area contributed by atoms with Crippen LogP contribution in [-0.2, 0) is 6.42 Å². The molecule has 3 rings (SSSR count). The Morgan fingerprint density at radius 1 is 1.44 bits per heavy atom. The fourth-order valence-corrected chi connectivity index (χ4v) is 1.95. The zero-order valence-corrected chi connectivity index (χ0v) is 9.92. The molecule has 0 amide bonds. The fourth-order valence-electron chi connectivity index (χ4n) is 1.95. The van der Waals surface area contributed by atoms with Gasteiger partial charge in [-0.3, -0.25) is 0 Å². The maximum Gasteiger partial charge on any atom is 1.00 e. The molecule has 2 heterocycles. The zero-order valence-electron chi connectivity index (χ0n) is 9.92. The van der Waals surface area contributed by atoms with E-state index in [1.54, 1.807) is 24.5 Å². The molecule has 0 unspecified atom stereocenters. The second-order valence-electron chi connectivity index (χ2n) is 3.78. The monoisotopic (exact) mass is 236 g/mol. The van der Waals surface area contributed by atoms with E-state index in [2.05, 4.69) is 4.98 Å². The molecule has 18 heavy (non-hydrogen) atoms. The van der Waals surface area contributed by atoms with Gasteiger partial charge >= 0.3 is 18.9 Å². The number of nitrogens with zero attached hydrogens (tertiary/aromatic N) is 2. The van der Waals surface area contributed by atoms with Crippen LogP contribution in [0, 0.1) is 0 Å². The van der Waals surface area contributed by atoms with Gasteiger partial charge in [0.15, 0.2) is 0 Å². The van der Waals surface area contributed by atoms with Crippen molar-refractivity contribution in [1.82, 2.24) is 9.55 Å². The normalized spacial score (nSPS) is 12.4. The van der Waals surface area contributed by atoms with Crippen LogP contribution < -0.4 is 28.7 Å². The smallest absolute Gasteiger partial charge is 0.545 e. The molecule has 2 aromatic rings. The number of hydrogen-bond acceptors (Lipinski definition) is 4. The van der Waals surface area contributed by atoms with Crippen LogP contribution >= 0.6 is 0 Å². The number of ether oxygens (including phenoxy) is 1. The number of carbonyl (C=O) groups is 1. The molecule has 1 aromatic carbocycles. The van der Waals surface area contributed by atoms with Gasteiger partial charge in [0.2, 0.25) is 0 Å². The van der Waals surface area contributed by atoms with E-state index in [0.29, 0.717) is 24.5 Å². The molecule has 0 fully saturated rings. The maximum absolute atomic E-state index is 10.8. The van der Waals surface area contributed by atoms with E-state index in [1.807, 2.05) is 4.57 Å². The van der Waals surface area contributed by atoms with Crippen molar-refractivity contribution in [3.63, 3.8) is 0 Å². The Balaban J connectivity index is 0.00000120. The third kappa shape index (κ3) is 2.03. The summed E-state index contributed by atoms with van der Waals surface area (Å²) in [6.07, 6.45) is 4.18. The van der Waals surface area contributed by atoms with Crippen molar-refractivity contribution in [3.8, 4) is 11.4 Å². The predicted octanol–water partition coefficient (Wildman–Crippen LogP) is -2.83. The minimum absolute atomic E-state index is 0. The van der Waals surface area contributed by atoms with Gasteiger partial charge in [-0.25, -0.2) is 4.98 Å². The molecular weight excluding hydrogens is 227 g/mol. The van der Waals surface area contributed by atoms with Gasteiger partial charge in [-0.2, -0.15) is 0 Å². The molecule has 0 bridgehead atoms. The van der Waals surface area contributed by atoms with Crippen molar-refractivity contribution in [2.75, 3.05) is 6.61 Å². The number of imidazole rings is 1. The number of aromatic carboxylic acids is 1. The van der Waals surface area contributed by atoms with Crippen LogP contribution in [0.25, 0.3) is 5.69 Å². The number of hydrogen-bond donors (Lipinski definition) is 0. The summed E-state index contributed by atoms with van der Waals surface area (Å²) in [7, 11) is 0. The van der Waals surface area contributed by atoms with Crippen LogP contribution in [0.4, 0.5) is 0 Å². The quantitative estimate of drug-likeness (QED) is 0.501. The molecule has 6 heteroatoms. The Morgan fingerprint density at radius 3 is 3.06 bits per heavy atom. The third-order valence-electron chi connectivity index (χ3n) is 2.75. The van der Waals surface area contributed by atoms with E-state index in [0.717, 1.165) is 5.82 Å². The SMILES string of the molecule is O=C([O-])c1ccc2c(c1)-n1ccnc1CCO2.[Li+]. The van der Waals surface area contributed by atoms with Crippen LogP contribution in [0.1, 0.15) is 16.2 Å². The summed E-state index contributed by atoms with van der Waals surface area (Å²) in [5, 5.41) is 10.8. The third-order valence-corrected chi connectivity index (χ3v) is 2.75. The summed E-state index contributed by atoms with van der Waals surface area (Å²) < 4.78 is 7.39. The molecule has 0 atom stereocenters. The Hall–Kier alpha value is -1.70. The Bertz CT molecular complexity index is 595. The van der Waals surface area contributed by atoms with E-state index in [9.17, 15) is 9.90 Å². The Kier molecular flexibility index (Phi) is 3.46. The summed E-state index contributed by atoms with van der Waals surface area (Å²) in [6, 6.07) is 4.67. The first kappa shape index (κ1) is 12.7. The zero-order chi connectivity index (χ0) is 11.8. The molecule has 86 valence electrons. The average molecular weight is 236 g/mol. The summed E-state index contributed by atoms with van der Waals surface area (Å²) >= 11 is 0. The van der Waals surface area contributed by atoms with E-state index in [-0.39, 0.29) is 24.4 Å². The molecule has 1 aliphatic rings. The van der Waals surface area contributed by atoms with Gasteiger partial charge in [-0.05, 0) is 23.8 Å². The number of carbonyl (C=O) groups excluding carboxylic acids is 1. The topological polar surface area (TPSA) is 67.2 Å². The van der Waals surface area contributed by atoms with Gasteiger partial charge in [0.1, 0.15) is 11.6 Å². The largest absolute Gasteiger partial charge is 1.00 e. The van der Waals surface area contributed by atoms with Gasteiger partial charge in [0, 0.05) is 18.8 Å². The number of aromatic nitrogens is 2. The van der Waals surface area contributed by atoms with Crippen LogP contribution in [0.3, 0.4) is 0 Å². The van der Waals surface area contributed by atoms with Crippen molar-refractivity contribution in [3.05, 3.63) is 42.0 Å². The molecular formula is C12H9LiN2O3. The summed E-state index contributed by atoms with van der Waals surface area (Å²) in [5.41, 5.74) is 0.825. The predicted molar refractivity (Wildman–Crippen MR) is 57.1 cm³/mol. The number of fused-ring (bicyclic) bond motifs is 3. The number of carboxylic acid groups (broad SMARTS) is 1. The molecule has 0 spiro atoms. The van der Waals surface area contributed by atoms with Crippen LogP contribution in [0.2, 0.25) is 0 Å². The van der Waals surface area contributed by atoms with Crippen molar-refractivity contribution >= 4 is 5.97 Å². The van der Waals surface area contributed by atoms with Gasteiger partial charge in [-0.1, -0.05) is 0 Å². The maximum atomic E-state index is 10.8. The van der Waals surface area contributed by atoms with Gasteiger partial charge in [-0.15, -0.1) is 0 Å². The van der Waals surface area contributed by atoms with E-state index >= 15 is 0 Å². The molecule has 0 saturated carbocycles. The standard InChI is InChI=1S/C12H10N2O3.Li/c15-12(16)8-1-2-10-9(7-8)14-5-4-13-11(14)3-6-17-10;/h1-2,4-5,7H,3,6H2,(H,15,16);/q;+1/p-1. The van der Waals surface area contributed by atoms with Crippen molar-refractivity contribution in [2.24, 2.45) is 0 Å². The molecule has 0 saturated heterocycles. The second kappa shape index (κ2) is 4.89. The molecule has 1 aromatic heterocycles. The van der Waals surface area contributed by atoms with E-state index < -0.39 is 5.97 Å². The van der Waals surface area contributed by atoms with Gasteiger partial charge in [0.05, 0.1) is 18.3 Å². The van der Waals surface area contributed by atoms with Crippen molar-refractivity contribution in [1.29, 1.82) is 0 Å². The molecule has 0 radical (unpaired) electrons. The molecule has 1 aliphatic heterocycles. The minimum atomic E-state index is -1.20. The molecule has 0 aliphatic carbocycles. The molecule has 0 N–H and O–H groups in total. The van der Waals surface area contributed by atoms with Crippen molar-refractivity contribution < 1.29 is 33.5 Å². The van der Waals surface area contributed by atoms with E-state index in [1.165, 1.54) is 6.07 Å². The number of rotatable bonds is 1. The number of carboxylic acids is 1. The van der Waals surface area contributed by atoms with Gasteiger partial charge < -0.3 is 19.2 Å². The first-order valence-corrected chi connectivity index (χ1v) is 5.26. The van der Waals surface area contributed by atoms with Gasteiger partial charge in [0.25, 0.3) is 0 Å². The number of benzene rings is 1. The first-order chi connectivity index (χ1) is 8.25. The summed E-state index contributed by atoms with van der Waals surface area (Å²) in [4.78, 5) is 15.1. The fraction of sp³-hybridized carbons (Fsp3) is 0.167. The Labute approximate surface area is 116 Å². The summed E-state index contributed by atoms with van der Waals surface area (Å²) in [5.74, 6) is 0.324. The van der Waals surface area contributed by atoms with E-state index in [4.69, 9.17) is 4.74 Å². The Morgan fingerprint density at radius 2 is 2.28 bits per heavy atom. The average Bonchev–Trinajstić information content (AvgIpc) is 2.71.